The smallest absolute Gasteiger partial charge is 0.0402 e. The largest absolute Gasteiger partial charge is 0.397 e. The summed E-state index contributed by atoms with van der Waals surface area (Å²) in [4.78, 5) is 0. The SMILES string of the molecule is C#CCC.CCO. The first kappa shape index (κ1) is 9.72. The van der Waals surface area contributed by atoms with Gasteiger partial charge in [-0.3, -0.25) is 0 Å². The van der Waals surface area contributed by atoms with E-state index in [1.54, 1.807) is 6.92 Å². The molecule has 0 unspecified atom stereocenters. The molecule has 0 aliphatic carbocycles. The molecule has 0 radical (unpaired) electrons. The van der Waals surface area contributed by atoms with Crippen molar-refractivity contribution < 1.29 is 5.11 Å². The molecule has 0 aliphatic rings. The van der Waals surface area contributed by atoms with Gasteiger partial charge in [-0.25, -0.2) is 0 Å². The van der Waals surface area contributed by atoms with Gasteiger partial charge in [0.1, 0.15) is 0 Å². The van der Waals surface area contributed by atoms with E-state index in [0.29, 0.717) is 0 Å². The predicted octanol–water partition coefficient (Wildman–Crippen LogP) is 1.03. The molecule has 0 aromatic heterocycles. The first-order valence-corrected chi connectivity index (χ1v) is 2.37. The molecule has 0 atom stereocenters. The van der Waals surface area contributed by atoms with Crippen molar-refractivity contribution in [2.75, 3.05) is 6.61 Å². The highest BCUT2D eigenvalue weighted by Crippen LogP contribution is 1.58. The Kier molecular flexibility index (Phi) is 24.7. The highest BCUT2D eigenvalue weighted by atomic mass is 16.2. The number of aliphatic hydroxyl groups excluding tert-OH is 1. The monoisotopic (exact) mass is 100 g/mol. The quantitative estimate of drug-likeness (QED) is 0.451. The summed E-state index contributed by atoms with van der Waals surface area (Å²) in [6.45, 7) is 3.88. The molecule has 42 valence electrons. The second-order valence-corrected chi connectivity index (χ2v) is 0.874. The van der Waals surface area contributed by atoms with Crippen LogP contribution >= 0.6 is 0 Å². The number of rotatable bonds is 0. The van der Waals surface area contributed by atoms with Crippen molar-refractivity contribution in [1.29, 1.82) is 0 Å². The molecular formula is C6H12O. The van der Waals surface area contributed by atoms with Crippen molar-refractivity contribution in [3.63, 3.8) is 0 Å². The molecule has 0 rings (SSSR count). The van der Waals surface area contributed by atoms with Crippen molar-refractivity contribution in [1.82, 2.24) is 0 Å². The normalized spacial score (nSPS) is 5.43. The molecule has 0 aromatic rings. The molecule has 0 aliphatic heterocycles. The van der Waals surface area contributed by atoms with Gasteiger partial charge in [0.05, 0.1) is 0 Å². The average Bonchev–Trinajstić information content (AvgIpc) is 1.69. The van der Waals surface area contributed by atoms with Gasteiger partial charge in [-0.05, 0) is 6.92 Å². The Labute approximate surface area is 45.4 Å². The highest BCUT2D eigenvalue weighted by Gasteiger charge is 1.43. The molecule has 1 N–H and O–H groups in total. The topological polar surface area (TPSA) is 20.2 Å². The van der Waals surface area contributed by atoms with E-state index >= 15 is 0 Å². The summed E-state index contributed by atoms with van der Waals surface area (Å²) in [6.07, 6.45) is 5.62. The minimum Gasteiger partial charge on any atom is -0.397 e. The molecule has 7 heavy (non-hydrogen) atoms. The van der Waals surface area contributed by atoms with Crippen molar-refractivity contribution in [3.8, 4) is 12.3 Å². The summed E-state index contributed by atoms with van der Waals surface area (Å²) in [7, 11) is 0. The van der Waals surface area contributed by atoms with E-state index in [4.69, 9.17) is 11.5 Å². The van der Waals surface area contributed by atoms with Crippen LogP contribution in [0.15, 0.2) is 0 Å². The molecule has 0 bridgehead atoms. The van der Waals surface area contributed by atoms with E-state index in [9.17, 15) is 0 Å². The van der Waals surface area contributed by atoms with Crippen LogP contribution in [0.2, 0.25) is 0 Å². The maximum absolute atomic E-state index is 7.57. The summed E-state index contributed by atoms with van der Waals surface area (Å²) < 4.78 is 0. The number of aliphatic hydroxyl groups is 1. The van der Waals surface area contributed by atoms with Gasteiger partial charge in [0.15, 0.2) is 0 Å². The third kappa shape index (κ3) is 253. The van der Waals surface area contributed by atoms with Crippen LogP contribution in [0, 0.1) is 12.3 Å². The van der Waals surface area contributed by atoms with E-state index in [1.807, 2.05) is 6.92 Å². The van der Waals surface area contributed by atoms with Crippen LogP contribution in [0.25, 0.3) is 0 Å². The van der Waals surface area contributed by atoms with Gasteiger partial charge in [-0.15, -0.1) is 12.3 Å². The predicted molar refractivity (Wildman–Crippen MR) is 31.9 cm³/mol. The van der Waals surface area contributed by atoms with Crippen LogP contribution in [0.3, 0.4) is 0 Å². The zero-order chi connectivity index (χ0) is 6.12. The minimum atomic E-state index is 0.250. The van der Waals surface area contributed by atoms with Crippen LogP contribution in [-0.4, -0.2) is 11.7 Å². The van der Waals surface area contributed by atoms with Crippen molar-refractivity contribution in [2.45, 2.75) is 20.3 Å². The van der Waals surface area contributed by atoms with E-state index in [2.05, 4.69) is 5.92 Å². The van der Waals surface area contributed by atoms with E-state index < -0.39 is 0 Å². The second kappa shape index (κ2) is 17.8. The van der Waals surface area contributed by atoms with Crippen LogP contribution in [-0.2, 0) is 0 Å². The van der Waals surface area contributed by atoms with E-state index in [1.165, 1.54) is 0 Å². The molecule has 0 saturated heterocycles. The zero-order valence-electron chi connectivity index (χ0n) is 4.94. The lowest BCUT2D eigenvalue weighted by Crippen LogP contribution is -1.57. The Balaban J connectivity index is 0. The first-order chi connectivity index (χ1) is 3.33. The molecule has 0 aromatic carbocycles. The Morgan fingerprint density at radius 2 is 1.71 bits per heavy atom. The Morgan fingerprint density at radius 3 is 1.71 bits per heavy atom. The van der Waals surface area contributed by atoms with Gasteiger partial charge in [-0.2, -0.15) is 0 Å². The molecular weight excluding hydrogens is 88.1 g/mol. The third-order valence-electron chi connectivity index (χ3n) is 0.204. The van der Waals surface area contributed by atoms with Crippen LogP contribution < -0.4 is 0 Å². The van der Waals surface area contributed by atoms with E-state index in [0.717, 1.165) is 6.42 Å². The number of terminal acetylenes is 1. The molecule has 0 heterocycles. The summed E-state index contributed by atoms with van der Waals surface area (Å²) >= 11 is 0. The lowest BCUT2D eigenvalue weighted by molar-refractivity contribution is 0.318. The fourth-order valence-electron chi connectivity index (χ4n) is 0. The van der Waals surface area contributed by atoms with Gasteiger partial charge < -0.3 is 5.11 Å². The van der Waals surface area contributed by atoms with Gasteiger partial charge in [0, 0.05) is 13.0 Å². The van der Waals surface area contributed by atoms with Crippen LogP contribution in [0.1, 0.15) is 20.3 Å². The Bertz CT molecular complexity index is 42.6. The number of hydrogen-bond acceptors (Lipinski definition) is 1. The minimum absolute atomic E-state index is 0.250. The summed E-state index contributed by atoms with van der Waals surface area (Å²) in [6, 6.07) is 0. The van der Waals surface area contributed by atoms with Crippen molar-refractivity contribution in [3.05, 3.63) is 0 Å². The van der Waals surface area contributed by atoms with Crippen LogP contribution in [0.4, 0.5) is 0 Å². The van der Waals surface area contributed by atoms with Crippen molar-refractivity contribution in [2.24, 2.45) is 0 Å². The molecule has 1 nitrogen and oxygen atoms in total. The third-order valence-corrected chi connectivity index (χ3v) is 0.204. The van der Waals surface area contributed by atoms with E-state index in [-0.39, 0.29) is 6.61 Å². The first-order valence-electron chi connectivity index (χ1n) is 2.37. The lowest BCUT2D eigenvalue weighted by Gasteiger charge is -1.52. The van der Waals surface area contributed by atoms with Crippen LogP contribution in [0.5, 0.6) is 0 Å². The van der Waals surface area contributed by atoms with Gasteiger partial charge in [-0.1, -0.05) is 6.92 Å². The van der Waals surface area contributed by atoms with Gasteiger partial charge >= 0.3 is 0 Å². The Hall–Kier alpha value is -0.480. The lowest BCUT2D eigenvalue weighted by atomic mass is 10.5. The molecule has 0 saturated carbocycles. The fourth-order valence-corrected chi connectivity index (χ4v) is 0. The highest BCUT2D eigenvalue weighted by molar-refractivity contribution is 4.80. The fraction of sp³-hybridized carbons (Fsp3) is 0.667. The average molecular weight is 100 g/mol. The standard InChI is InChI=1S/C4H6.C2H6O/c1-3-4-2;1-2-3/h1H,4H2,2H3;3H,2H2,1H3. The zero-order valence-corrected chi connectivity index (χ0v) is 4.94. The summed E-state index contributed by atoms with van der Waals surface area (Å²) in [5, 5.41) is 7.57. The maximum atomic E-state index is 7.57. The second-order valence-electron chi connectivity index (χ2n) is 0.874. The van der Waals surface area contributed by atoms with Gasteiger partial charge in [0.25, 0.3) is 0 Å². The summed E-state index contributed by atoms with van der Waals surface area (Å²) in [5.41, 5.74) is 0. The molecule has 1 heteroatoms. The number of hydrogen-bond donors (Lipinski definition) is 1. The molecule has 0 spiro atoms. The Morgan fingerprint density at radius 1 is 1.57 bits per heavy atom. The maximum Gasteiger partial charge on any atom is 0.0402 e. The summed E-state index contributed by atoms with van der Waals surface area (Å²) in [5.74, 6) is 2.43. The molecule has 0 fully saturated rings. The van der Waals surface area contributed by atoms with Gasteiger partial charge in [0.2, 0.25) is 0 Å². The molecule has 0 amide bonds. The van der Waals surface area contributed by atoms with Crippen molar-refractivity contribution >= 4 is 0 Å².